The van der Waals surface area contributed by atoms with Gasteiger partial charge in [-0.1, -0.05) is 28.1 Å². The Morgan fingerprint density at radius 1 is 1.12 bits per heavy atom. The third-order valence-electron chi connectivity index (χ3n) is 3.20. The monoisotopic (exact) mass is 283 g/mol. The summed E-state index contributed by atoms with van der Waals surface area (Å²) in [5, 5.41) is 13.0. The first-order chi connectivity index (χ1) is 7.74. The van der Waals surface area contributed by atoms with Crippen molar-refractivity contribution in [1.29, 1.82) is 0 Å². The van der Waals surface area contributed by atoms with E-state index in [-0.39, 0.29) is 6.10 Å². The molecule has 0 saturated heterocycles. The Hall–Kier alpha value is -0.380. The maximum atomic E-state index is 9.41. The van der Waals surface area contributed by atoms with Gasteiger partial charge in [-0.25, -0.2) is 0 Å². The van der Waals surface area contributed by atoms with Gasteiger partial charge in [0.2, 0.25) is 0 Å². The highest BCUT2D eigenvalue weighted by atomic mass is 79.9. The molecule has 0 unspecified atom stereocenters. The molecule has 2 N–H and O–H groups in total. The highest BCUT2D eigenvalue weighted by molar-refractivity contribution is 9.10. The lowest BCUT2D eigenvalue weighted by Crippen LogP contribution is -2.34. The van der Waals surface area contributed by atoms with Gasteiger partial charge >= 0.3 is 0 Å². The van der Waals surface area contributed by atoms with Gasteiger partial charge < -0.3 is 10.4 Å². The second-order valence-corrected chi connectivity index (χ2v) is 5.43. The fourth-order valence-corrected chi connectivity index (χ4v) is 2.41. The predicted molar refractivity (Wildman–Crippen MR) is 69.2 cm³/mol. The first kappa shape index (κ1) is 12.1. The fraction of sp³-hybridized carbons (Fsp3) is 0.538. The van der Waals surface area contributed by atoms with Crippen LogP contribution in [0.1, 0.15) is 31.2 Å². The summed E-state index contributed by atoms with van der Waals surface area (Å²) < 4.78 is 1.12. The summed E-state index contributed by atoms with van der Waals surface area (Å²) in [6.45, 7) is 0.925. The van der Waals surface area contributed by atoms with Gasteiger partial charge in [-0.2, -0.15) is 0 Å². The van der Waals surface area contributed by atoms with Crippen LogP contribution < -0.4 is 5.32 Å². The Balaban J connectivity index is 1.77. The van der Waals surface area contributed by atoms with Crippen LogP contribution >= 0.6 is 15.9 Å². The van der Waals surface area contributed by atoms with E-state index in [1.54, 1.807) is 0 Å². The SMILES string of the molecule is OC1CCC(NCc2ccc(Br)cc2)CC1. The minimum atomic E-state index is -0.0641. The topological polar surface area (TPSA) is 32.3 Å². The normalized spacial score (nSPS) is 25.6. The summed E-state index contributed by atoms with van der Waals surface area (Å²) in [5.41, 5.74) is 1.31. The van der Waals surface area contributed by atoms with Crippen molar-refractivity contribution < 1.29 is 5.11 Å². The summed E-state index contributed by atoms with van der Waals surface area (Å²) in [7, 11) is 0. The summed E-state index contributed by atoms with van der Waals surface area (Å²) in [4.78, 5) is 0. The molecule has 1 aliphatic carbocycles. The second kappa shape index (κ2) is 5.80. The minimum absolute atomic E-state index is 0.0641. The number of halogens is 1. The number of rotatable bonds is 3. The zero-order valence-corrected chi connectivity index (χ0v) is 10.9. The Morgan fingerprint density at radius 2 is 1.75 bits per heavy atom. The molecule has 3 heteroatoms. The van der Waals surface area contributed by atoms with E-state index < -0.39 is 0 Å². The van der Waals surface area contributed by atoms with E-state index in [1.165, 1.54) is 5.56 Å². The third kappa shape index (κ3) is 3.58. The largest absolute Gasteiger partial charge is 0.393 e. The Kier molecular flexibility index (Phi) is 4.38. The van der Waals surface area contributed by atoms with E-state index in [2.05, 4.69) is 45.5 Å². The van der Waals surface area contributed by atoms with Gasteiger partial charge in [0.25, 0.3) is 0 Å². The molecule has 0 heterocycles. The van der Waals surface area contributed by atoms with Crippen LogP contribution in [0, 0.1) is 0 Å². The Labute approximate surface area is 105 Å². The molecule has 0 aromatic heterocycles. The lowest BCUT2D eigenvalue weighted by molar-refractivity contribution is 0.116. The van der Waals surface area contributed by atoms with E-state index in [0.717, 1.165) is 36.7 Å². The van der Waals surface area contributed by atoms with Crippen LogP contribution in [0.2, 0.25) is 0 Å². The maximum absolute atomic E-state index is 9.41. The van der Waals surface area contributed by atoms with Gasteiger partial charge in [-0.3, -0.25) is 0 Å². The molecule has 1 fully saturated rings. The van der Waals surface area contributed by atoms with Gasteiger partial charge in [-0.05, 0) is 43.4 Å². The summed E-state index contributed by atoms with van der Waals surface area (Å²) >= 11 is 3.43. The van der Waals surface area contributed by atoms with Crippen molar-refractivity contribution >= 4 is 15.9 Å². The van der Waals surface area contributed by atoms with Gasteiger partial charge in [0.1, 0.15) is 0 Å². The third-order valence-corrected chi connectivity index (χ3v) is 3.73. The molecule has 1 aromatic carbocycles. The van der Waals surface area contributed by atoms with Gasteiger partial charge in [-0.15, -0.1) is 0 Å². The quantitative estimate of drug-likeness (QED) is 0.894. The number of hydrogen-bond donors (Lipinski definition) is 2. The molecule has 1 aromatic rings. The van der Waals surface area contributed by atoms with Crippen molar-refractivity contribution in [2.75, 3.05) is 0 Å². The molecule has 0 bridgehead atoms. The highest BCUT2D eigenvalue weighted by Gasteiger charge is 2.18. The molecule has 0 atom stereocenters. The van der Waals surface area contributed by atoms with Gasteiger partial charge in [0.15, 0.2) is 0 Å². The van der Waals surface area contributed by atoms with Crippen molar-refractivity contribution in [3.8, 4) is 0 Å². The van der Waals surface area contributed by atoms with Crippen LogP contribution in [-0.4, -0.2) is 17.3 Å². The number of hydrogen-bond acceptors (Lipinski definition) is 2. The van der Waals surface area contributed by atoms with Crippen molar-refractivity contribution in [2.24, 2.45) is 0 Å². The molecular formula is C13H18BrNO. The van der Waals surface area contributed by atoms with Crippen molar-refractivity contribution in [3.63, 3.8) is 0 Å². The number of benzene rings is 1. The zero-order valence-electron chi connectivity index (χ0n) is 9.32. The molecule has 2 rings (SSSR count). The lowest BCUT2D eigenvalue weighted by Gasteiger charge is -2.26. The average Bonchev–Trinajstić information content (AvgIpc) is 2.30. The van der Waals surface area contributed by atoms with Crippen LogP contribution in [-0.2, 0) is 6.54 Å². The molecule has 1 saturated carbocycles. The zero-order chi connectivity index (χ0) is 11.4. The number of nitrogens with one attached hydrogen (secondary N) is 1. The maximum Gasteiger partial charge on any atom is 0.0541 e. The Morgan fingerprint density at radius 3 is 2.38 bits per heavy atom. The Bertz CT molecular complexity index is 317. The standard InChI is InChI=1S/C13H18BrNO/c14-11-3-1-10(2-4-11)9-15-12-5-7-13(16)8-6-12/h1-4,12-13,15-16H,5-9H2. The molecule has 0 radical (unpaired) electrons. The highest BCUT2D eigenvalue weighted by Crippen LogP contribution is 2.19. The van der Waals surface area contributed by atoms with E-state index in [0.29, 0.717) is 6.04 Å². The smallest absolute Gasteiger partial charge is 0.0541 e. The van der Waals surface area contributed by atoms with E-state index in [4.69, 9.17) is 0 Å². The van der Waals surface area contributed by atoms with Crippen molar-refractivity contribution in [1.82, 2.24) is 5.32 Å². The van der Waals surface area contributed by atoms with Crippen LogP contribution in [0.15, 0.2) is 28.7 Å². The molecular weight excluding hydrogens is 266 g/mol. The molecule has 0 amide bonds. The number of aliphatic hydroxyl groups is 1. The molecule has 88 valence electrons. The van der Waals surface area contributed by atoms with Crippen LogP contribution in [0.5, 0.6) is 0 Å². The summed E-state index contributed by atoms with van der Waals surface area (Å²) in [5.74, 6) is 0. The van der Waals surface area contributed by atoms with Crippen molar-refractivity contribution in [3.05, 3.63) is 34.3 Å². The summed E-state index contributed by atoms with van der Waals surface area (Å²) in [6.07, 6.45) is 4.01. The van der Waals surface area contributed by atoms with Crippen LogP contribution in [0.3, 0.4) is 0 Å². The van der Waals surface area contributed by atoms with Gasteiger partial charge in [0, 0.05) is 17.1 Å². The molecule has 0 spiro atoms. The molecule has 16 heavy (non-hydrogen) atoms. The van der Waals surface area contributed by atoms with E-state index in [1.807, 2.05) is 0 Å². The lowest BCUT2D eigenvalue weighted by atomic mass is 9.93. The summed E-state index contributed by atoms with van der Waals surface area (Å²) in [6, 6.07) is 8.99. The van der Waals surface area contributed by atoms with E-state index in [9.17, 15) is 5.11 Å². The van der Waals surface area contributed by atoms with E-state index >= 15 is 0 Å². The molecule has 2 nitrogen and oxygen atoms in total. The number of aliphatic hydroxyl groups excluding tert-OH is 1. The first-order valence-electron chi connectivity index (χ1n) is 5.90. The van der Waals surface area contributed by atoms with Crippen LogP contribution in [0.4, 0.5) is 0 Å². The molecule has 1 aliphatic rings. The minimum Gasteiger partial charge on any atom is -0.393 e. The first-order valence-corrected chi connectivity index (χ1v) is 6.69. The molecule has 0 aliphatic heterocycles. The second-order valence-electron chi connectivity index (χ2n) is 4.51. The van der Waals surface area contributed by atoms with Crippen LogP contribution in [0.25, 0.3) is 0 Å². The fourth-order valence-electron chi connectivity index (χ4n) is 2.14. The predicted octanol–water partition coefficient (Wildman–Crippen LogP) is 2.84. The average molecular weight is 284 g/mol. The van der Waals surface area contributed by atoms with Gasteiger partial charge in [0.05, 0.1) is 6.10 Å². The van der Waals surface area contributed by atoms with Crippen molar-refractivity contribution in [2.45, 2.75) is 44.4 Å².